The lowest BCUT2D eigenvalue weighted by Crippen LogP contribution is -2.31. The molecule has 1 atom stereocenters. The first-order valence-electron chi connectivity index (χ1n) is 6.57. The minimum atomic E-state index is 0.333. The van der Waals surface area contributed by atoms with Gasteiger partial charge >= 0.3 is 0 Å². The van der Waals surface area contributed by atoms with E-state index in [1.54, 1.807) is 0 Å². The van der Waals surface area contributed by atoms with E-state index < -0.39 is 0 Å². The molecule has 0 spiro atoms. The molecule has 17 heavy (non-hydrogen) atoms. The molecule has 1 heteroatoms. The fourth-order valence-corrected chi connectivity index (χ4v) is 2.85. The topological polar surface area (TPSA) is 12.0 Å². The highest BCUT2D eigenvalue weighted by molar-refractivity contribution is 5.37. The zero-order valence-corrected chi connectivity index (χ0v) is 11.2. The van der Waals surface area contributed by atoms with Crippen LogP contribution in [0.1, 0.15) is 44.4 Å². The van der Waals surface area contributed by atoms with Gasteiger partial charge in [-0.15, -0.1) is 0 Å². The Bertz CT molecular complexity index is 404. The Kier molecular flexibility index (Phi) is 3.68. The van der Waals surface area contributed by atoms with E-state index in [-0.39, 0.29) is 0 Å². The average molecular weight is 229 g/mol. The molecular formula is C16H23N. The van der Waals surface area contributed by atoms with Crippen molar-refractivity contribution in [2.75, 3.05) is 6.54 Å². The van der Waals surface area contributed by atoms with E-state index >= 15 is 0 Å². The first kappa shape index (κ1) is 12.4. The summed E-state index contributed by atoms with van der Waals surface area (Å²) in [6.07, 6.45) is 6.64. The van der Waals surface area contributed by atoms with Gasteiger partial charge < -0.3 is 5.32 Å². The van der Waals surface area contributed by atoms with Crippen molar-refractivity contribution < 1.29 is 0 Å². The quantitative estimate of drug-likeness (QED) is 0.610. The summed E-state index contributed by atoms with van der Waals surface area (Å²) in [6, 6.07) is 9.35. The number of hydrogen-bond acceptors (Lipinski definition) is 1. The van der Waals surface area contributed by atoms with Gasteiger partial charge in [-0.1, -0.05) is 50.3 Å². The molecule has 1 N–H and O–H groups in total. The molecule has 0 radical (unpaired) electrons. The molecule has 0 saturated carbocycles. The maximum Gasteiger partial charge on any atom is 0.0377 e. The smallest absolute Gasteiger partial charge is 0.0377 e. The Balaban J connectivity index is 2.09. The van der Waals surface area contributed by atoms with Crippen LogP contribution in [0.2, 0.25) is 0 Å². The molecule has 1 aliphatic carbocycles. The molecule has 0 aromatic heterocycles. The molecule has 1 aromatic rings. The Morgan fingerprint density at radius 2 is 2.12 bits per heavy atom. The third-order valence-electron chi connectivity index (χ3n) is 3.69. The highest BCUT2D eigenvalue weighted by Crippen LogP contribution is 2.44. The molecule has 1 aromatic carbocycles. The van der Waals surface area contributed by atoms with Crippen molar-refractivity contribution in [1.82, 2.24) is 5.32 Å². The molecule has 0 aliphatic heterocycles. The van der Waals surface area contributed by atoms with Gasteiger partial charge in [0, 0.05) is 6.04 Å². The van der Waals surface area contributed by atoms with E-state index in [1.165, 1.54) is 17.5 Å². The zero-order chi connectivity index (χ0) is 12.3. The molecule has 1 unspecified atom stereocenters. The molecule has 0 saturated heterocycles. The van der Waals surface area contributed by atoms with Gasteiger partial charge in [0.15, 0.2) is 0 Å². The highest BCUT2D eigenvalue weighted by Gasteiger charge is 2.37. The minimum Gasteiger partial charge on any atom is -0.309 e. The van der Waals surface area contributed by atoms with Crippen molar-refractivity contribution in [3.63, 3.8) is 0 Å². The summed E-state index contributed by atoms with van der Waals surface area (Å²) < 4.78 is 0. The van der Waals surface area contributed by atoms with Gasteiger partial charge in [0.1, 0.15) is 0 Å². The van der Waals surface area contributed by atoms with Gasteiger partial charge in [0.2, 0.25) is 0 Å². The Labute approximate surface area is 105 Å². The summed E-state index contributed by atoms with van der Waals surface area (Å²) in [4.78, 5) is 0. The van der Waals surface area contributed by atoms with Crippen LogP contribution in [0.5, 0.6) is 0 Å². The summed E-state index contributed by atoms with van der Waals surface area (Å²) >= 11 is 0. The lowest BCUT2D eigenvalue weighted by atomic mass is 9.85. The van der Waals surface area contributed by atoms with Gasteiger partial charge in [0.25, 0.3) is 0 Å². The van der Waals surface area contributed by atoms with Crippen LogP contribution < -0.4 is 5.32 Å². The van der Waals surface area contributed by atoms with Crippen LogP contribution in [0, 0.1) is 5.41 Å². The van der Waals surface area contributed by atoms with Crippen LogP contribution in [-0.2, 0) is 6.42 Å². The number of nitrogens with one attached hydrogen (secondary N) is 1. The van der Waals surface area contributed by atoms with Crippen LogP contribution in [0.4, 0.5) is 0 Å². The highest BCUT2D eigenvalue weighted by atomic mass is 14.9. The van der Waals surface area contributed by atoms with Crippen LogP contribution >= 0.6 is 0 Å². The third-order valence-corrected chi connectivity index (χ3v) is 3.69. The number of hydrogen-bond donors (Lipinski definition) is 1. The van der Waals surface area contributed by atoms with Crippen molar-refractivity contribution in [3.05, 3.63) is 47.5 Å². The second-order valence-corrected chi connectivity index (χ2v) is 5.61. The van der Waals surface area contributed by atoms with Crippen molar-refractivity contribution in [3.8, 4) is 0 Å². The zero-order valence-electron chi connectivity index (χ0n) is 11.2. The van der Waals surface area contributed by atoms with Gasteiger partial charge in [0.05, 0.1) is 0 Å². The van der Waals surface area contributed by atoms with Crippen molar-refractivity contribution in [2.24, 2.45) is 5.41 Å². The van der Waals surface area contributed by atoms with Crippen LogP contribution in [0.3, 0.4) is 0 Å². The summed E-state index contributed by atoms with van der Waals surface area (Å²) in [5, 5.41) is 3.71. The second-order valence-electron chi connectivity index (χ2n) is 5.61. The molecule has 1 aliphatic rings. The Morgan fingerprint density at radius 3 is 2.88 bits per heavy atom. The number of fused-ring (bicyclic) bond motifs is 1. The first-order valence-corrected chi connectivity index (χ1v) is 6.57. The van der Waals surface area contributed by atoms with Crippen LogP contribution in [0.25, 0.3) is 0 Å². The maximum absolute atomic E-state index is 3.71. The molecule has 0 amide bonds. The van der Waals surface area contributed by atoms with Gasteiger partial charge in [-0.3, -0.25) is 0 Å². The Morgan fingerprint density at radius 1 is 1.35 bits per heavy atom. The first-order chi connectivity index (χ1) is 8.15. The average Bonchev–Trinajstić information content (AvgIpc) is 2.55. The molecule has 92 valence electrons. The lowest BCUT2D eigenvalue weighted by molar-refractivity contribution is 0.271. The predicted molar refractivity (Wildman–Crippen MR) is 74.1 cm³/mol. The fourth-order valence-electron chi connectivity index (χ4n) is 2.85. The van der Waals surface area contributed by atoms with Gasteiger partial charge in [-0.25, -0.2) is 0 Å². The van der Waals surface area contributed by atoms with E-state index in [1.807, 2.05) is 0 Å². The largest absolute Gasteiger partial charge is 0.309 e. The second kappa shape index (κ2) is 5.05. The van der Waals surface area contributed by atoms with E-state index in [0.717, 1.165) is 13.0 Å². The van der Waals surface area contributed by atoms with Gasteiger partial charge in [-0.2, -0.15) is 0 Å². The third kappa shape index (κ3) is 2.61. The van der Waals surface area contributed by atoms with E-state index in [9.17, 15) is 0 Å². The molecule has 0 bridgehead atoms. The van der Waals surface area contributed by atoms with E-state index in [2.05, 4.69) is 62.5 Å². The maximum atomic E-state index is 3.71. The normalized spacial score (nSPS) is 21.9. The molecule has 2 rings (SSSR count). The standard InChI is InChI=1S/C16H23N/c1-4-5-8-11-17-15-14-10-7-6-9-13(14)12-16(15,2)3/h4-7,9-10,15,17H,8,11-12H2,1-3H3/b5-4+. The summed E-state index contributed by atoms with van der Waals surface area (Å²) in [7, 11) is 0. The van der Waals surface area contributed by atoms with E-state index in [4.69, 9.17) is 0 Å². The summed E-state index contributed by atoms with van der Waals surface area (Å²) in [5.41, 5.74) is 3.35. The summed E-state index contributed by atoms with van der Waals surface area (Å²) in [6.45, 7) is 7.86. The minimum absolute atomic E-state index is 0.333. The van der Waals surface area contributed by atoms with Crippen molar-refractivity contribution in [2.45, 2.75) is 39.7 Å². The predicted octanol–water partition coefficient (Wildman–Crippen LogP) is 3.87. The summed E-state index contributed by atoms with van der Waals surface area (Å²) in [5.74, 6) is 0. The SMILES string of the molecule is C/C=C/CCNC1c2ccccc2CC1(C)C. The molecular weight excluding hydrogens is 206 g/mol. The van der Waals surface area contributed by atoms with E-state index in [0.29, 0.717) is 11.5 Å². The number of rotatable bonds is 4. The number of allylic oxidation sites excluding steroid dienone is 1. The fraction of sp³-hybridized carbons (Fsp3) is 0.500. The molecule has 0 fully saturated rings. The molecule has 0 heterocycles. The van der Waals surface area contributed by atoms with Crippen LogP contribution in [-0.4, -0.2) is 6.54 Å². The lowest BCUT2D eigenvalue weighted by Gasteiger charge is -2.28. The Hall–Kier alpha value is -1.08. The van der Waals surface area contributed by atoms with Crippen molar-refractivity contribution >= 4 is 0 Å². The monoisotopic (exact) mass is 229 g/mol. The van der Waals surface area contributed by atoms with Crippen LogP contribution in [0.15, 0.2) is 36.4 Å². The van der Waals surface area contributed by atoms with Gasteiger partial charge in [-0.05, 0) is 42.9 Å². The molecule has 1 nitrogen and oxygen atoms in total. The van der Waals surface area contributed by atoms with Crippen molar-refractivity contribution in [1.29, 1.82) is 0 Å². The number of benzene rings is 1.